The van der Waals surface area contributed by atoms with Crippen molar-refractivity contribution in [2.45, 2.75) is 71.8 Å². The van der Waals surface area contributed by atoms with Crippen LogP contribution in [-0.4, -0.2) is 45.7 Å². The summed E-state index contributed by atoms with van der Waals surface area (Å²) >= 11 is 0. The van der Waals surface area contributed by atoms with Crippen molar-refractivity contribution in [3.63, 3.8) is 0 Å². The minimum absolute atomic E-state index is 0.0448. The number of aromatic nitrogens is 1. The first-order valence-corrected chi connectivity index (χ1v) is 14.5. The second-order valence-corrected chi connectivity index (χ2v) is 11.8. The van der Waals surface area contributed by atoms with Gasteiger partial charge in [0.05, 0.1) is 12.5 Å². The van der Waals surface area contributed by atoms with Gasteiger partial charge in [-0.1, -0.05) is 38.1 Å². The third-order valence-corrected chi connectivity index (χ3v) is 7.85. The minimum Gasteiger partial charge on any atom is -0.481 e. The van der Waals surface area contributed by atoms with Crippen LogP contribution in [0.3, 0.4) is 0 Å². The van der Waals surface area contributed by atoms with Crippen molar-refractivity contribution in [1.82, 2.24) is 14.8 Å². The monoisotopic (exact) mass is 597 g/mol. The number of nitrogens with one attached hydrogen (secondary N) is 1. The number of likely N-dealkylation sites (tertiary alicyclic amines) is 1. The number of hydrogen-bond donors (Lipinski definition) is 2. The van der Waals surface area contributed by atoms with Crippen LogP contribution in [-0.2, 0) is 16.1 Å². The lowest BCUT2D eigenvalue weighted by Crippen LogP contribution is -2.40. The van der Waals surface area contributed by atoms with Crippen LogP contribution < -0.4 is 10.9 Å². The number of hydrogen-bond acceptors (Lipinski definition) is 4. The Bertz CT molecular complexity index is 1530. The van der Waals surface area contributed by atoms with E-state index >= 15 is 8.78 Å². The second kappa shape index (κ2) is 13.6. The topological polar surface area (TPSA) is 91.6 Å². The number of nitrogens with zero attached hydrogens (tertiary/aromatic N) is 2. The van der Waals surface area contributed by atoms with Crippen molar-refractivity contribution in [3.8, 4) is 11.1 Å². The summed E-state index contributed by atoms with van der Waals surface area (Å²) in [7, 11) is 0. The molecule has 2 unspecified atom stereocenters. The molecule has 10 heteroatoms. The standard InChI is InChI=1S/C33H38F3N3O4/c1-19(2)12-28(39-17-22(8-9-29(39)40)16-38-11-10-24(34)18-38)33(43)37-27(15-30(41)42)25-13-23(14-26(35)32(25)36)31-20(3)6-5-7-21(31)4/h5-9,13-14,17,19,24,27-28H,10-12,15-16,18H2,1-4H3,(H,37,43)(H,41,42)/t24?,27-,28?/m0/s1. The Hall–Kier alpha value is -3.92. The molecule has 2 heterocycles. The summed E-state index contributed by atoms with van der Waals surface area (Å²) in [5.41, 5.74) is 2.65. The molecule has 230 valence electrons. The molecule has 1 aliphatic rings. The number of carbonyl (C=O) groups excluding carboxylic acids is 1. The molecule has 0 radical (unpaired) electrons. The van der Waals surface area contributed by atoms with Crippen molar-refractivity contribution in [2.75, 3.05) is 13.1 Å². The number of pyridine rings is 1. The molecule has 1 aliphatic heterocycles. The Morgan fingerprint density at radius 1 is 1.09 bits per heavy atom. The van der Waals surface area contributed by atoms with Gasteiger partial charge in [0.25, 0.3) is 5.56 Å². The van der Waals surface area contributed by atoms with E-state index in [1.54, 1.807) is 12.3 Å². The lowest BCUT2D eigenvalue weighted by atomic mass is 9.92. The van der Waals surface area contributed by atoms with E-state index in [-0.39, 0.29) is 24.4 Å². The first-order chi connectivity index (χ1) is 20.3. The largest absolute Gasteiger partial charge is 0.481 e. The summed E-state index contributed by atoms with van der Waals surface area (Å²) in [6, 6.07) is 8.47. The Labute approximate surface area is 249 Å². The Kier molecular flexibility index (Phi) is 10.1. The maximum absolute atomic E-state index is 15.3. The fourth-order valence-electron chi connectivity index (χ4n) is 5.83. The molecule has 0 spiro atoms. The highest BCUT2D eigenvalue weighted by Gasteiger charge is 2.30. The lowest BCUT2D eigenvalue weighted by molar-refractivity contribution is -0.138. The highest BCUT2D eigenvalue weighted by Crippen LogP contribution is 2.33. The quantitative estimate of drug-likeness (QED) is 0.288. The number of halogens is 3. The minimum atomic E-state index is -1.41. The highest BCUT2D eigenvalue weighted by atomic mass is 19.2. The van der Waals surface area contributed by atoms with Crippen molar-refractivity contribution in [1.29, 1.82) is 0 Å². The van der Waals surface area contributed by atoms with E-state index in [2.05, 4.69) is 5.32 Å². The molecule has 1 saturated heterocycles. The van der Waals surface area contributed by atoms with Gasteiger partial charge in [-0.2, -0.15) is 0 Å². The number of carbonyl (C=O) groups is 2. The molecule has 1 aromatic heterocycles. The number of rotatable bonds is 11. The van der Waals surface area contributed by atoms with Crippen LogP contribution in [0, 0.1) is 31.4 Å². The zero-order valence-electron chi connectivity index (χ0n) is 24.9. The SMILES string of the molecule is Cc1cccc(C)c1-c1cc(F)c(F)c([C@H](CC(=O)O)NC(=O)C(CC(C)C)n2cc(CN3CCC(F)C3)ccc2=O)c1. The summed E-state index contributed by atoms with van der Waals surface area (Å²) in [5.74, 6) is -4.48. The van der Waals surface area contributed by atoms with Crippen LogP contribution in [0.1, 0.15) is 67.4 Å². The van der Waals surface area contributed by atoms with Gasteiger partial charge in [0.1, 0.15) is 12.2 Å². The van der Waals surface area contributed by atoms with E-state index in [1.165, 1.54) is 16.7 Å². The molecule has 1 amide bonds. The second-order valence-electron chi connectivity index (χ2n) is 11.8. The Morgan fingerprint density at radius 3 is 2.40 bits per heavy atom. The Morgan fingerprint density at radius 2 is 1.79 bits per heavy atom. The number of carboxylic acid groups (broad SMARTS) is 1. The van der Waals surface area contributed by atoms with Gasteiger partial charge in [-0.05, 0) is 72.6 Å². The number of aliphatic carboxylic acids is 1. The summed E-state index contributed by atoms with van der Waals surface area (Å²) in [4.78, 5) is 40.6. The number of carboxylic acids is 1. The molecular formula is C33H38F3N3O4. The fraction of sp³-hybridized carbons (Fsp3) is 0.424. The smallest absolute Gasteiger partial charge is 0.305 e. The summed E-state index contributed by atoms with van der Waals surface area (Å²) < 4.78 is 45.3. The van der Waals surface area contributed by atoms with Crippen LogP contribution in [0.2, 0.25) is 0 Å². The molecule has 0 saturated carbocycles. The third kappa shape index (κ3) is 7.73. The average Bonchev–Trinajstić information content (AvgIpc) is 3.33. The van der Waals surface area contributed by atoms with E-state index in [0.717, 1.165) is 17.2 Å². The number of aryl methyl sites for hydroxylation is 2. The van der Waals surface area contributed by atoms with Crippen LogP contribution in [0.5, 0.6) is 0 Å². The molecule has 43 heavy (non-hydrogen) atoms. The van der Waals surface area contributed by atoms with Gasteiger partial charge in [-0.15, -0.1) is 0 Å². The van der Waals surface area contributed by atoms with Crippen LogP contribution in [0.4, 0.5) is 13.2 Å². The van der Waals surface area contributed by atoms with Gasteiger partial charge in [0, 0.05) is 37.5 Å². The van der Waals surface area contributed by atoms with E-state index in [1.807, 2.05) is 50.8 Å². The number of benzene rings is 2. The predicted octanol–water partition coefficient (Wildman–Crippen LogP) is 5.87. The zero-order chi connectivity index (χ0) is 31.4. The molecule has 7 nitrogen and oxygen atoms in total. The van der Waals surface area contributed by atoms with Crippen LogP contribution in [0.25, 0.3) is 11.1 Å². The van der Waals surface area contributed by atoms with Crippen LogP contribution >= 0.6 is 0 Å². The Balaban J connectivity index is 1.71. The number of amides is 1. The summed E-state index contributed by atoms with van der Waals surface area (Å²) in [6.07, 6.45) is 0.611. The van der Waals surface area contributed by atoms with E-state index in [0.29, 0.717) is 36.2 Å². The van der Waals surface area contributed by atoms with E-state index in [4.69, 9.17) is 0 Å². The molecular weight excluding hydrogens is 559 g/mol. The van der Waals surface area contributed by atoms with Gasteiger partial charge in [-0.25, -0.2) is 13.2 Å². The summed E-state index contributed by atoms with van der Waals surface area (Å²) in [6.45, 7) is 8.68. The number of alkyl halides is 1. The average molecular weight is 598 g/mol. The van der Waals surface area contributed by atoms with E-state index < -0.39 is 53.7 Å². The molecule has 0 bridgehead atoms. The van der Waals surface area contributed by atoms with Gasteiger partial charge in [0.2, 0.25) is 5.91 Å². The zero-order valence-corrected chi connectivity index (χ0v) is 24.9. The van der Waals surface area contributed by atoms with Gasteiger partial charge in [0.15, 0.2) is 11.6 Å². The maximum Gasteiger partial charge on any atom is 0.305 e. The fourth-order valence-corrected chi connectivity index (χ4v) is 5.83. The maximum atomic E-state index is 15.3. The first kappa shape index (κ1) is 32.0. The molecule has 2 N–H and O–H groups in total. The first-order valence-electron chi connectivity index (χ1n) is 14.5. The molecule has 2 aromatic carbocycles. The van der Waals surface area contributed by atoms with Crippen LogP contribution in [0.15, 0.2) is 53.5 Å². The predicted molar refractivity (Wildman–Crippen MR) is 158 cm³/mol. The molecule has 0 aliphatic carbocycles. The van der Waals surface area contributed by atoms with Gasteiger partial charge < -0.3 is 15.0 Å². The van der Waals surface area contributed by atoms with Crippen molar-refractivity contribution < 1.29 is 27.9 Å². The van der Waals surface area contributed by atoms with E-state index in [9.17, 15) is 23.9 Å². The third-order valence-electron chi connectivity index (χ3n) is 7.85. The van der Waals surface area contributed by atoms with Gasteiger partial charge >= 0.3 is 5.97 Å². The van der Waals surface area contributed by atoms with Gasteiger partial charge in [-0.3, -0.25) is 19.3 Å². The molecule has 3 aromatic rings. The molecule has 3 atom stereocenters. The van der Waals surface area contributed by atoms with Crippen molar-refractivity contribution in [3.05, 3.63) is 92.9 Å². The lowest BCUT2D eigenvalue weighted by Gasteiger charge is -2.26. The molecule has 1 fully saturated rings. The van der Waals surface area contributed by atoms with Crippen molar-refractivity contribution in [2.24, 2.45) is 5.92 Å². The normalized spacial score (nSPS) is 16.8. The summed E-state index contributed by atoms with van der Waals surface area (Å²) in [5, 5.41) is 12.3. The van der Waals surface area contributed by atoms with Crippen molar-refractivity contribution >= 4 is 11.9 Å². The highest BCUT2D eigenvalue weighted by molar-refractivity contribution is 5.82. The molecule has 4 rings (SSSR count).